The zero-order chi connectivity index (χ0) is 23.3. The van der Waals surface area contributed by atoms with Crippen LogP contribution in [0, 0.1) is 0 Å². The maximum absolute atomic E-state index is 13.1. The minimum Gasteiger partial charge on any atom is -0.486 e. The summed E-state index contributed by atoms with van der Waals surface area (Å²) in [5, 5.41) is 7.05. The molecule has 1 aliphatic rings. The summed E-state index contributed by atoms with van der Waals surface area (Å²) in [5.41, 5.74) is 2.18. The normalized spacial score (nSPS) is 12.1. The highest BCUT2D eigenvalue weighted by molar-refractivity contribution is 6.10. The van der Waals surface area contributed by atoms with Gasteiger partial charge in [-0.2, -0.15) is 5.10 Å². The van der Waals surface area contributed by atoms with E-state index < -0.39 is 0 Å². The van der Waals surface area contributed by atoms with E-state index in [9.17, 15) is 9.59 Å². The molecule has 0 radical (unpaired) electrons. The molecule has 8 heteroatoms. The fourth-order valence-corrected chi connectivity index (χ4v) is 3.56. The van der Waals surface area contributed by atoms with Gasteiger partial charge in [0.25, 0.3) is 5.91 Å². The van der Waals surface area contributed by atoms with Gasteiger partial charge in [0.15, 0.2) is 23.9 Å². The van der Waals surface area contributed by atoms with Crippen molar-refractivity contribution in [2.45, 2.75) is 0 Å². The summed E-state index contributed by atoms with van der Waals surface area (Å²) in [6.45, 7) is 0.697. The number of fused-ring (bicyclic) bond motifs is 1. The Hall–Kier alpha value is -4.59. The Bertz CT molecular complexity index is 1330. The van der Waals surface area contributed by atoms with Gasteiger partial charge >= 0.3 is 0 Å². The number of hydrogen-bond donors (Lipinski definition) is 1. The molecule has 3 aromatic carbocycles. The molecule has 1 N–H and O–H groups in total. The second-order valence-corrected chi connectivity index (χ2v) is 7.53. The number of nitrogens with zero attached hydrogens (tertiary/aromatic N) is 2. The first-order valence-corrected chi connectivity index (χ1v) is 10.7. The maximum Gasteiger partial charge on any atom is 0.262 e. The molecular weight excluding hydrogens is 434 g/mol. The van der Waals surface area contributed by atoms with Gasteiger partial charge in [-0.1, -0.05) is 30.3 Å². The third-order valence-electron chi connectivity index (χ3n) is 5.18. The van der Waals surface area contributed by atoms with Crippen LogP contribution in [0.25, 0.3) is 5.69 Å². The molecule has 1 amide bonds. The van der Waals surface area contributed by atoms with Crippen LogP contribution in [0.15, 0.2) is 85.2 Å². The highest BCUT2D eigenvalue weighted by atomic mass is 16.6. The van der Waals surface area contributed by atoms with Gasteiger partial charge in [0.2, 0.25) is 0 Å². The molecule has 0 bridgehead atoms. The summed E-state index contributed by atoms with van der Waals surface area (Å²) < 4.78 is 18.4. The molecule has 170 valence electrons. The van der Waals surface area contributed by atoms with Crippen LogP contribution in [0.2, 0.25) is 0 Å². The summed E-state index contributed by atoms with van der Waals surface area (Å²) in [6, 6.07) is 21.5. The van der Waals surface area contributed by atoms with E-state index >= 15 is 0 Å². The highest BCUT2D eigenvalue weighted by Crippen LogP contribution is 2.32. The van der Waals surface area contributed by atoms with Crippen LogP contribution in [0.3, 0.4) is 0 Å². The van der Waals surface area contributed by atoms with Crippen molar-refractivity contribution in [2.24, 2.45) is 0 Å². The predicted molar refractivity (Wildman–Crippen MR) is 125 cm³/mol. The lowest BCUT2D eigenvalue weighted by molar-refractivity contribution is -0.118. The number of carbonyl (C=O) groups excluding carboxylic acids is 2. The van der Waals surface area contributed by atoms with Crippen LogP contribution in [-0.4, -0.2) is 41.3 Å². The summed E-state index contributed by atoms with van der Waals surface area (Å²) in [5.74, 6) is 0.929. The maximum atomic E-state index is 13.1. The van der Waals surface area contributed by atoms with Gasteiger partial charge in [0.05, 0.1) is 23.0 Å². The Kier molecular flexibility index (Phi) is 5.94. The summed E-state index contributed by atoms with van der Waals surface area (Å²) in [7, 11) is 0. The number of aromatic nitrogens is 2. The number of rotatable bonds is 7. The Morgan fingerprint density at radius 2 is 1.71 bits per heavy atom. The number of ketones is 1. The van der Waals surface area contributed by atoms with E-state index in [1.165, 1.54) is 6.20 Å². The topological polar surface area (TPSA) is 91.7 Å². The van der Waals surface area contributed by atoms with Crippen molar-refractivity contribution in [2.75, 3.05) is 25.1 Å². The molecule has 1 aliphatic heterocycles. The molecule has 1 aromatic heterocycles. The van der Waals surface area contributed by atoms with Crippen molar-refractivity contribution in [3.8, 4) is 22.9 Å². The van der Waals surface area contributed by atoms with Gasteiger partial charge < -0.3 is 19.5 Å². The number of hydrogen-bond acceptors (Lipinski definition) is 6. The third kappa shape index (κ3) is 4.61. The zero-order valence-electron chi connectivity index (χ0n) is 18.1. The van der Waals surface area contributed by atoms with Gasteiger partial charge in [0, 0.05) is 18.0 Å². The molecule has 8 nitrogen and oxygen atoms in total. The second kappa shape index (κ2) is 9.50. The van der Waals surface area contributed by atoms with Crippen molar-refractivity contribution in [1.82, 2.24) is 9.78 Å². The van der Waals surface area contributed by atoms with E-state index in [-0.39, 0.29) is 18.3 Å². The molecular formula is C26H21N3O5. The average molecular weight is 455 g/mol. The second-order valence-electron chi connectivity index (χ2n) is 7.53. The van der Waals surface area contributed by atoms with E-state index in [4.69, 9.17) is 14.2 Å². The molecule has 0 aliphatic carbocycles. The molecule has 0 unspecified atom stereocenters. The number of para-hydroxylation sites is 2. The van der Waals surface area contributed by atoms with E-state index in [2.05, 4.69) is 10.4 Å². The average Bonchev–Trinajstić information content (AvgIpc) is 3.38. The first-order valence-electron chi connectivity index (χ1n) is 10.7. The molecule has 2 heterocycles. The monoisotopic (exact) mass is 455 g/mol. The Morgan fingerprint density at radius 3 is 2.56 bits per heavy atom. The van der Waals surface area contributed by atoms with Crippen LogP contribution in [0.5, 0.6) is 17.2 Å². The van der Waals surface area contributed by atoms with Crippen molar-refractivity contribution in [1.29, 1.82) is 0 Å². The fraction of sp³-hybridized carbons (Fsp3) is 0.115. The van der Waals surface area contributed by atoms with Crippen molar-refractivity contribution in [3.63, 3.8) is 0 Å². The lowest BCUT2D eigenvalue weighted by atomic mass is 10.1. The minimum atomic E-state index is -0.365. The van der Waals surface area contributed by atoms with Gasteiger partial charge in [-0.15, -0.1) is 0 Å². The number of amides is 1. The quantitative estimate of drug-likeness (QED) is 0.425. The number of benzene rings is 3. The Morgan fingerprint density at radius 1 is 0.941 bits per heavy atom. The molecule has 4 aromatic rings. The molecule has 0 saturated carbocycles. The molecule has 0 atom stereocenters. The Balaban J connectivity index is 1.26. The number of anilines is 1. The first kappa shape index (κ1) is 21.3. The Labute approximate surface area is 195 Å². The third-order valence-corrected chi connectivity index (χ3v) is 5.18. The van der Waals surface area contributed by atoms with Crippen molar-refractivity contribution in [3.05, 3.63) is 96.3 Å². The van der Waals surface area contributed by atoms with Crippen molar-refractivity contribution >= 4 is 17.4 Å². The van der Waals surface area contributed by atoms with Gasteiger partial charge in [-0.25, -0.2) is 4.68 Å². The van der Waals surface area contributed by atoms with Crippen molar-refractivity contribution < 1.29 is 23.8 Å². The van der Waals surface area contributed by atoms with E-state index in [1.54, 1.807) is 53.3 Å². The highest BCUT2D eigenvalue weighted by Gasteiger charge is 2.18. The van der Waals surface area contributed by atoms with Crippen LogP contribution in [-0.2, 0) is 4.79 Å². The van der Waals surface area contributed by atoms with Crippen LogP contribution in [0.1, 0.15) is 15.9 Å². The van der Waals surface area contributed by atoms with E-state index in [0.717, 1.165) is 5.69 Å². The smallest absolute Gasteiger partial charge is 0.262 e. The molecule has 0 spiro atoms. The van der Waals surface area contributed by atoms with Crippen LogP contribution in [0.4, 0.5) is 5.69 Å². The summed E-state index contributed by atoms with van der Waals surface area (Å²) >= 11 is 0. The summed E-state index contributed by atoms with van der Waals surface area (Å²) in [6.07, 6.45) is 3.18. The number of carbonyl (C=O) groups is 2. The number of nitrogens with one attached hydrogen (secondary N) is 1. The van der Waals surface area contributed by atoms with E-state index in [1.807, 2.05) is 30.3 Å². The SMILES string of the molecule is O=C(COc1ccccc1C(=O)c1cnn(-c2ccccc2)c1)Nc1ccc2c(c1)OCCO2. The van der Waals surface area contributed by atoms with Crippen LogP contribution >= 0.6 is 0 Å². The lowest BCUT2D eigenvalue weighted by Gasteiger charge is -2.19. The van der Waals surface area contributed by atoms with E-state index in [0.29, 0.717) is 47.3 Å². The zero-order valence-corrected chi connectivity index (χ0v) is 18.1. The van der Waals surface area contributed by atoms with Gasteiger partial charge in [0.1, 0.15) is 19.0 Å². The van der Waals surface area contributed by atoms with Crippen LogP contribution < -0.4 is 19.5 Å². The molecule has 0 fully saturated rings. The number of ether oxygens (including phenoxy) is 3. The minimum absolute atomic E-state index is 0.245. The standard InChI is InChI=1S/C26H21N3O5/c30-25(28-19-10-11-23-24(14-19)33-13-12-32-23)17-34-22-9-5-4-8-21(22)26(31)18-15-27-29(16-18)20-6-2-1-3-7-20/h1-11,14-16H,12-13,17H2,(H,28,30). The lowest BCUT2D eigenvalue weighted by Crippen LogP contribution is -2.21. The molecule has 5 rings (SSSR count). The van der Waals surface area contributed by atoms with Gasteiger partial charge in [-0.3, -0.25) is 9.59 Å². The fourth-order valence-electron chi connectivity index (χ4n) is 3.56. The molecule has 0 saturated heterocycles. The molecule has 34 heavy (non-hydrogen) atoms. The van der Waals surface area contributed by atoms with Gasteiger partial charge in [-0.05, 0) is 36.4 Å². The largest absolute Gasteiger partial charge is 0.486 e. The summed E-state index contributed by atoms with van der Waals surface area (Å²) in [4.78, 5) is 25.6. The first-order chi connectivity index (χ1) is 16.7. The predicted octanol–water partition coefficient (Wildman–Crippen LogP) is 3.89.